The summed E-state index contributed by atoms with van der Waals surface area (Å²) in [5.74, 6) is 1.32. The molecule has 0 atom stereocenters. The predicted octanol–water partition coefficient (Wildman–Crippen LogP) is 2.66. The lowest BCUT2D eigenvalue weighted by molar-refractivity contribution is 0.0917. The number of hydrogen-bond donors (Lipinski definition) is 1. The second kappa shape index (κ2) is 5.27. The third kappa shape index (κ3) is 3.11. The highest BCUT2D eigenvalue weighted by atomic mass is 16.1. The molecule has 0 unspecified atom stereocenters. The average Bonchev–Trinajstić information content (AvgIpc) is 3.26. The molecule has 4 heteroatoms. The number of nitrogens with zero attached hydrogens (tertiary/aromatic N) is 2. The van der Waals surface area contributed by atoms with E-state index in [0.29, 0.717) is 17.7 Å². The van der Waals surface area contributed by atoms with Crippen LogP contribution in [-0.4, -0.2) is 21.9 Å². The van der Waals surface area contributed by atoms with Gasteiger partial charge in [0.1, 0.15) is 12.0 Å². The van der Waals surface area contributed by atoms with E-state index in [0.717, 1.165) is 24.5 Å². The van der Waals surface area contributed by atoms with Crippen LogP contribution in [0.15, 0.2) is 12.4 Å². The molecule has 2 saturated carbocycles. The molecular weight excluding hydrogens is 238 g/mol. The molecule has 1 aromatic rings. The van der Waals surface area contributed by atoms with Crippen molar-refractivity contribution >= 4 is 5.91 Å². The Morgan fingerprint density at radius 3 is 2.58 bits per heavy atom. The summed E-state index contributed by atoms with van der Waals surface area (Å²) in [5.41, 5.74) is 1.55. The Hall–Kier alpha value is -1.45. The van der Waals surface area contributed by atoms with Gasteiger partial charge in [-0.05, 0) is 50.5 Å². The molecule has 2 aliphatic carbocycles. The van der Waals surface area contributed by atoms with Gasteiger partial charge in [-0.2, -0.15) is 0 Å². The van der Waals surface area contributed by atoms with Gasteiger partial charge >= 0.3 is 0 Å². The number of rotatable bonds is 3. The molecule has 4 nitrogen and oxygen atoms in total. The van der Waals surface area contributed by atoms with E-state index in [1.807, 2.05) is 6.07 Å². The topological polar surface area (TPSA) is 54.9 Å². The second-order valence-electron chi connectivity index (χ2n) is 6.03. The fraction of sp³-hybridized carbons (Fsp3) is 0.667. The minimum Gasteiger partial charge on any atom is -0.348 e. The molecule has 102 valence electrons. The first-order valence-corrected chi connectivity index (χ1v) is 7.35. The maximum Gasteiger partial charge on any atom is 0.270 e. The maximum absolute atomic E-state index is 12.2. The van der Waals surface area contributed by atoms with Crippen LogP contribution in [0, 0.1) is 5.92 Å². The van der Waals surface area contributed by atoms with Crippen LogP contribution >= 0.6 is 0 Å². The van der Waals surface area contributed by atoms with Crippen molar-refractivity contribution < 1.29 is 4.79 Å². The van der Waals surface area contributed by atoms with Crippen LogP contribution in [0.5, 0.6) is 0 Å². The van der Waals surface area contributed by atoms with Gasteiger partial charge in [-0.3, -0.25) is 4.79 Å². The Kier molecular flexibility index (Phi) is 3.49. The van der Waals surface area contributed by atoms with E-state index in [2.05, 4.69) is 22.2 Å². The molecule has 0 saturated heterocycles. The summed E-state index contributed by atoms with van der Waals surface area (Å²) in [6, 6.07) is 2.18. The molecule has 0 spiro atoms. The van der Waals surface area contributed by atoms with E-state index in [9.17, 15) is 4.79 Å². The minimum atomic E-state index is -0.0381. The smallest absolute Gasteiger partial charge is 0.270 e. The Labute approximate surface area is 114 Å². The van der Waals surface area contributed by atoms with Crippen molar-refractivity contribution in [2.75, 3.05) is 0 Å². The van der Waals surface area contributed by atoms with Gasteiger partial charge < -0.3 is 5.32 Å². The zero-order chi connectivity index (χ0) is 13.2. The van der Waals surface area contributed by atoms with E-state index in [-0.39, 0.29) is 5.91 Å². The average molecular weight is 259 g/mol. The fourth-order valence-electron chi connectivity index (χ4n) is 2.76. The quantitative estimate of drug-likeness (QED) is 0.908. The zero-order valence-electron chi connectivity index (χ0n) is 11.4. The molecule has 1 amide bonds. The third-order valence-electron chi connectivity index (χ3n) is 4.27. The van der Waals surface area contributed by atoms with E-state index in [4.69, 9.17) is 0 Å². The van der Waals surface area contributed by atoms with Crippen LogP contribution < -0.4 is 5.32 Å². The molecule has 1 N–H and O–H groups in total. The van der Waals surface area contributed by atoms with Gasteiger partial charge in [-0.25, -0.2) is 9.97 Å². The van der Waals surface area contributed by atoms with Crippen molar-refractivity contribution in [3.8, 4) is 0 Å². The van der Waals surface area contributed by atoms with Crippen LogP contribution in [0.2, 0.25) is 0 Å². The molecule has 0 aliphatic heterocycles. The summed E-state index contributed by atoms with van der Waals surface area (Å²) in [6.45, 7) is 2.28. The van der Waals surface area contributed by atoms with Crippen molar-refractivity contribution in [2.45, 2.75) is 57.4 Å². The van der Waals surface area contributed by atoms with Crippen molar-refractivity contribution in [3.05, 3.63) is 23.8 Å². The summed E-state index contributed by atoms with van der Waals surface area (Å²) in [4.78, 5) is 20.5. The fourth-order valence-corrected chi connectivity index (χ4v) is 2.76. The van der Waals surface area contributed by atoms with Gasteiger partial charge in [-0.15, -0.1) is 0 Å². The molecule has 0 bridgehead atoms. The van der Waals surface area contributed by atoms with Crippen LogP contribution in [0.25, 0.3) is 0 Å². The molecule has 3 rings (SSSR count). The van der Waals surface area contributed by atoms with E-state index >= 15 is 0 Å². The highest BCUT2D eigenvalue weighted by Gasteiger charge is 2.26. The molecule has 1 heterocycles. The Balaban J connectivity index is 1.61. The number of carbonyl (C=O) groups is 1. The summed E-state index contributed by atoms with van der Waals surface area (Å²) < 4.78 is 0. The summed E-state index contributed by atoms with van der Waals surface area (Å²) in [5, 5.41) is 3.11. The van der Waals surface area contributed by atoms with Crippen LogP contribution in [0.1, 0.15) is 67.5 Å². The molecule has 2 aliphatic rings. The monoisotopic (exact) mass is 259 g/mol. The highest BCUT2D eigenvalue weighted by molar-refractivity contribution is 5.92. The standard InChI is InChI=1S/C15H21N3O/c1-10-2-6-12(7-3-10)18-15(19)14-8-13(11-4-5-11)16-9-17-14/h8-12H,2-7H2,1H3,(H,18,19). The Morgan fingerprint density at radius 1 is 1.16 bits per heavy atom. The van der Waals surface area contributed by atoms with Gasteiger partial charge in [0.2, 0.25) is 0 Å². The lowest BCUT2D eigenvalue weighted by Gasteiger charge is -2.26. The number of carbonyl (C=O) groups excluding carboxylic acids is 1. The number of aromatic nitrogens is 2. The number of amides is 1. The molecular formula is C15H21N3O. The maximum atomic E-state index is 12.2. The van der Waals surface area contributed by atoms with Crippen molar-refractivity contribution in [1.29, 1.82) is 0 Å². The van der Waals surface area contributed by atoms with Gasteiger partial charge in [-0.1, -0.05) is 6.92 Å². The van der Waals surface area contributed by atoms with Crippen LogP contribution in [0.3, 0.4) is 0 Å². The molecule has 19 heavy (non-hydrogen) atoms. The first-order chi connectivity index (χ1) is 9.22. The zero-order valence-corrected chi connectivity index (χ0v) is 11.4. The Bertz CT molecular complexity index is 462. The van der Waals surface area contributed by atoms with Crippen LogP contribution in [-0.2, 0) is 0 Å². The lowest BCUT2D eigenvalue weighted by atomic mass is 9.87. The first kappa shape index (κ1) is 12.6. The SMILES string of the molecule is CC1CCC(NC(=O)c2cc(C3CC3)ncn2)CC1. The summed E-state index contributed by atoms with van der Waals surface area (Å²) in [7, 11) is 0. The normalized spacial score (nSPS) is 27.0. The molecule has 2 fully saturated rings. The van der Waals surface area contributed by atoms with Gasteiger partial charge in [0.15, 0.2) is 0 Å². The van der Waals surface area contributed by atoms with Crippen LogP contribution in [0.4, 0.5) is 0 Å². The van der Waals surface area contributed by atoms with E-state index in [1.54, 1.807) is 0 Å². The predicted molar refractivity (Wildman–Crippen MR) is 72.9 cm³/mol. The number of nitrogens with one attached hydrogen (secondary N) is 1. The summed E-state index contributed by atoms with van der Waals surface area (Å²) in [6.07, 6.45) is 8.51. The van der Waals surface area contributed by atoms with E-state index in [1.165, 1.54) is 32.0 Å². The minimum absolute atomic E-state index is 0.0381. The lowest BCUT2D eigenvalue weighted by Crippen LogP contribution is -2.37. The van der Waals surface area contributed by atoms with Crippen molar-refractivity contribution in [2.24, 2.45) is 5.92 Å². The van der Waals surface area contributed by atoms with Crippen molar-refractivity contribution in [3.63, 3.8) is 0 Å². The Morgan fingerprint density at radius 2 is 1.89 bits per heavy atom. The molecule has 0 aromatic carbocycles. The van der Waals surface area contributed by atoms with Gasteiger partial charge in [0, 0.05) is 17.7 Å². The highest BCUT2D eigenvalue weighted by Crippen LogP contribution is 2.38. The van der Waals surface area contributed by atoms with Gasteiger partial charge in [0.25, 0.3) is 5.91 Å². The van der Waals surface area contributed by atoms with Crippen molar-refractivity contribution in [1.82, 2.24) is 15.3 Å². The first-order valence-electron chi connectivity index (χ1n) is 7.35. The number of hydrogen-bond acceptors (Lipinski definition) is 3. The molecule has 1 aromatic heterocycles. The molecule has 0 radical (unpaired) electrons. The third-order valence-corrected chi connectivity index (χ3v) is 4.27. The largest absolute Gasteiger partial charge is 0.348 e. The van der Waals surface area contributed by atoms with Gasteiger partial charge in [0.05, 0.1) is 0 Å². The second-order valence-corrected chi connectivity index (χ2v) is 6.03. The van der Waals surface area contributed by atoms with E-state index < -0.39 is 0 Å². The summed E-state index contributed by atoms with van der Waals surface area (Å²) >= 11 is 0.